The Morgan fingerprint density at radius 3 is 2.86 bits per heavy atom. The van der Waals surface area contributed by atoms with Gasteiger partial charge in [-0.05, 0) is 28.9 Å². The Hall–Kier alpha value is -1.10. The Labute approximate surface area is 90.0 Å². The zero-order valence-electron chi connectivity index (χ0n) is 7.82. The van der Waals surface area contributed by atoms with Crippen LogP contribution in [-0.4, -0.2) is 23.2 Å². The molecule has 1 aromatic heterocycles. The summed E-state index contributed by atoms with van der Waals surface area (Å²) in [6.45, 7) is 1.59. The highest BCUT2D eigenvalue weighted by atomic mass is 79.9. The maximum atomic E-state index is 10.8. The molecular weight excluding hydrogens is 250 g/mol. The molecule has 4 nitrogen and oxygen atoms in total. The van der Waals surface area contributed by atoms with Gasteiger partial charge in [-0.1, -0.05) is 0 Å². The van der Waals surface area contributed by atoms with Gasteiger partial charge in [-0.3, -0.25) is 4.79 Å². The molecule has 0 aromatic carbocycles. The van der Waals surface area contributed by atoms with E-state index in [9.17, 15) is 4.79 Å². The van der Waals surface area contributed by atoms with Crippen molar-refractivity contribution < 1.29 is 14.6 Å². The quantitative estimate of drug-likeness (QED) is 0.903. The molecule has 0 aliphatic heterocycles. The monoisotopic (exact) mass is 259 g/mol. The third kappa shape index (κ3) is 2.23. The number of carbonyl (C=O) groups is 1. The lowest BCUT2D eigenvalue weighted by Gasteiger charge is -2.10. The molecule has 14 heavy (non-hydrogen) atoms. The summed E-state index contributed by atoms with van der Waals surface area (Å²) in [5.41, 5.74) is 0.564. The number of carboxylic acid groups (broad SMARTS) is 1. The zero-order chi connectivity index (χ0) is 10.7. The van der Waals surface area contributed by atoms with Gasteiger partial charge < -0.3 is 9.84 Å². The molecule has 0 spiro atoms. The summed E-state index contributed by atoms with van der Waals surface area (Å²) in [6.07, 6.45) is 1.57. The SMILES string of the molecule is COc1ncc(Br)cc1C(C)C(=O)O. The second-order valence-corrected chi connectivity index (χ2v) is 3.73. The first-order chi connectivity index (χ1) is 6.56. The maximum absolute atomic E-state index is 10.8. The highest BCUT2D eigenvalue weighted by Gasteiger charge is 2.19. The Kier molecular flexibility index (Phi) is 3.46. The van der Waals surface area contributed by atoms with Gasteiger partial charge in [-0.15, -0.1) is 0 Å². The van der Waals surface area contributed by atoms with E-state index in [0.717, 1.165) is 4.47 Å². The molecule has 1 N–H and O–H groups in total. The lowest BCUT2D eigenvalue weighted by molar-refractivity contribution is -0.138. The number of hydrogen-bond acceptors (Lipinski definition) is 3. The van der Waals surface area contributed by atoms with Gasteiger partial charge in [-0.25, -0.2) is 4.98 Å². The lowest BCUT2D eigenvalue weighted by Crippen LogP contribution is -2.09. The summed E-state index contributed by atoms with van der Waals surface area (Å²) in [5.74, 6) is -1.18. The average Bonchev–Trinajstić information content (AvgIpc) is 2.16. The highest BCUT2D eigenvalue weighted by Crippen LogP contribution is 2.27. The van der Waals surface area contributed by atoms with Gasteiger partial charge in [0, 0.05) is 16.2 Å². The smallest absolute Gasteiger partial charge is 0.310 e. The van der Waals surface area contributed by atoms with Crippen molar-refractivity contribution in [2.45, 2.75) is 12.8 Å². The fourth-order valence-electron chi connectivity index (χ4n) is 1.06. The predicted molar refractivity (Wildman–Crippen MR) is 54.5 cm³/mol. The summed E-state index contributed by atoms with van der Waals surface area (Å²) in [4.78, 5) is 14.7. The van der Waals surface area contributed by atoms with E-state index >= 15 is 0 Å². The van der Waals surface area contributed by atoms with Gasteiger partial charge in [0.25, 0.3) is 0 Å². The van der Waals surface area contributed by atoms with Gasteiger partial charge >= 0.3 is 5.97 Å². The fourth-order valence-corrected chi connectivity index (χ4v) is 1.41. The van der Waals surface area contributed by atoms with Gasteiger partial charge in [0.15, 0.2) is 0 Å². The first kappa shape index (κ1) is 11.0. The maximum Gasteiger partial charge on any atom is 0.310 e. The van der Waals surface area contributed by atoms with E-state index in [1.165, 1.54) is 7.11 Å². The number of pyridine rings is 1. The van der Waals surface area contributed by atoms with Crippen LogP contribution in [0.2, 0.25) is 0 Å². The first-order valence-corrected chi connectivity index (χ1v) is 4.77. The Bertz CT molecular complexity index is 354. The van der Waals surface area contributed by atoms with Crippen molar-refractivity contribution in [3.8, 4) is 5.88 Å². The van der Waals surface area contributed by atoms with E-state index in [1.807, 2.05) is 0 Å². The summed E-state index contributed by atoms with van der Waals surface area (Å²) in [6, 6.07) is 1.70. The van der Waals surface area contributed by atoms with Crippen LogP contribution in [0.5, 0.6) is 5.88 Å². The van der Waals surface area contributed by atoms with E-state index < -0.39 is 11.9 Å². The molecule has 1 unspecified atom stereocenters. The van der Waals surface area contributed by atoms with E-state index in [4.69, 9.17) is 9.84 Å². The molecule has 1 heterocycles. The topological polar surface area (TPSA) is 59.4 Å². The normalized spacial score (nSPS) is 12.2. The second kappa shape index (κ2) is 4.41. The van der Waals surface area contributed by atoms with Gasteiger partial charge in [0.05, 0.1) is 13.0 Å². The first-order valence-electron chi connectivity index (χ1n) is 3.98. The predicted octanol–water partition coefficient (Wildman–Crippen LogP) is 2.04. The van der Waals surface area contributed by atoms with E-state index in [0.29, 0.717) is 11.4 Å². The van der Waals surface area contributed by atoms with Gasteiger partial charge in [-0.2, -0.15) is 0 Å². The molecule has 1 aromatic rings. The standard InChI is InChI=1S/C9H10BrNO3/c1-5(9(12)13)7-3-6(10)4-11-8(7)14-2/h3-5H,1-2H3,(H,12,13). The van der Waals surface area contributed by atoms with Crippen LogP contribution in [0.15, 0.2) is 16.7 Å². The van der Waals surface area contributed by atoms with Gasteiger partial charge in [0.2, 0.25) is 5.88 Å². The number of nitrogens with zero attached hydrogens (tertiary/aromatic N) is 1. The lowest BCUT2D eigenvalue weighted by atomic mass is 10.0. The minimum absolute atomic E-state index is 0.350. The molecule has 0 radical (unpaired) electrons. The van der Waals surface area contributed by atoms with Crippen LogP contribution in [0.25, 0.3) is 0 Å². The molecule has 0 saturated heterocycles. The number of aliphatic carboxylic acids is 1. The zero-order valence-corrected chi connectivity index (χ0v) is 9.41. The molecule has 1 rings (SSSR count). The van der Waals surface area contributed by atoms with Crippen LogP contribution in [0.3, 0.4) is 0 Å². The molecule has 0 fully saturated rings. The van der Waals surface area contributed by atoms with Crippen LogP contribution >= 0.6 is 15.9 Å². The minimum Gasteiger partial charge on any atom is -0.481 e. The van der Waals surface area contributed by atoms with Crippen molar-refractivity contribution >= 4 is 21.9 Å². The number of methoxy groups -OCH3 is 1. The number of ether oxygens (including phenoxy) is 1. The number of halogens is 1. The van der Waals surface area contributed by atoms with Crippen molar-refractivity contribution in [2.75, 3.05) is 7.11 Å². The molecule has 0 aliphatic rings. The molecular formula is C9H10BrNO3. The Balaban J connectivity index is 3.16. The van der Waals surface area contributed by atoms with Crippen molar-refractivity contribution in [1.82, 2.24) is 4.98 Å². The van der Waals surface area contributed by atoms with Crippen LogP contribution < -0.4 is 4.74 Å². The third-order valence-corrected chi connectivity index (χ3v) is 2.31. The average molecular weight is 260 g/mol. The third-order valence-electron chi connectivity index (χ3n) is 1.88. The van der Waals surface area contributed by atoms with Gasteiger partial charge in [0.1, 0.15) is 0 Å². The highest BCUT2D eigenvalue weighted by molar-refractivity contribution is 9.10. The van der Waals surface area contributed by atoms with Crippen molar-refractivity contribution in [1.29, 1.82) is 0 Å². The van der Waals surface area contributed by atoms with Crippen LogP contribution in [0.1, 0.15) is 18.4 Å². The summed E-state index contributed by atoms with van der Waals surface area (Å²) in [5, 5.41) is 8.85. The number of hydrogen-bond donors (Lipinski definition) is 1. The molecule has 76 valence electrons. The van der Waals surface area contributed by atoms with Crippen LogP contribution in [0.4, 0.5) is 0 Å². The molecule has 0 bridgehead atoms. The number of carboxylic acids is 1. The molecule has 0 amide bonds. The minimum atomic E-state index is -0.900. The van der Waals surface area contributed by atoms with E-state index in [1.54, 1.807) is 19.2 Å². The molecule has 5 heteroatoms. The summed E-state index contributed by atoms with van der Waals surface area (Å²) in [7, 11) is 1.47. The fraction of sp³-hybridized carbons (Fsp3) is 0.333. The largest absolute Gasteiger partial charge is 0.481 e. The molecule has 0 aliphatic carbocycles. The van der Waals surface area contributed by atoms with Crippen LogP contribution in [0, 0.1) is 0 Å². The Morgan fingerprint density at radius 2 is 2.36 bits per heavy atom. The second-order valence-electron chi connectivity index (χ2n) is 2.81. The number of rotatable bonds is 3. The molecule has 0 saturated carbocycles. The van der Waals surface area contributed by atoms with Crippen molar-refractivity contribution in [3.05, 3.63) is 22.3 Å². The molecule has 1 atom stereocenters. The van der Waals surface area contributed by atoms with E-state index in [2.05, 4.69) is 20.9 Å². The van der Waals surface area contributed by atoms with E-state index in [-0.39, 0.29) is 0 Å². The summed E-state index contributed by atoms with van der Waals surface area (Å²) >= 11 is 3.23. The van der Waals surface area contributed by atoms with Crippen molar-refractivity contribution in [2.24, 2.45) is 0 Å². The summed E-state index contributed by atoms with van der Waals surface area (Å²) < 4.78 is 5.71. The number of aromatic nitrogens is 1. The van der Waals surface area contributed by atoms with Crippen molar-refractivity contribution in [3.63, 3.8) is 0 Å². The van der Waals surface area contributed by atoms with Crippen LogP contribution in [-0.2, 0) is 4.79 Å². The Morgan fingerprint density at radius 1 is 1.71 bits per heavy atom.